The Morgan fingerprint density at radius 2 is 1.92 bits per heavy atom. The van der Waals surface area contributed by atoms with Gasteiger partial charge in [0, 0.05) is 12.6 Å². The van der Waals surface area contributed by atoms with Crippen LogP contribution in [0.15, 0.2) is 35.5 Å². The molecule has 2 rings (SSSR count). The highest BCUT2D eigenvalue weighted by Crippen LogP contribution is 2.22. The van der Waals surface area contributed by atoms with E-state index in [1.807, 2.05) is 55.8 Å². The van der Waals surface area contributed by atoms with Crippen molar-refractivity contribution in [2.75, 3.05) is 12.9 Å². The van der Waals surface area contributed by atoms with Crippen LogP contribution < -0.4 is 5.32 Å². The molecule has 0 saturated carbocycles. The van der Waals surface area contributed by atoms with Crippen molar-refractivity contribution in [1.29, 1.82) is 0 Å². The number of benzene rings is 1. The highest BCUT2D eigenvalue weighted by Gasteiger charge is 2.23. The van der Waals surface area contributed by atoms with Crippen LogP contribution in [0, 0.1) is 5.92 Å². The first-order valence-electron chi connectivity index (χ1n) is 8.37. The van der Waals surface area contributed by atoms with Crippen LogP contribution in [0.4, 0.5) is 0 Å². The van der Waals surface area contributed by atoms with E-state index in [2.05, 4.69) is 15.5 Å². The zero-order valence-corrected chi connectivity index (χ0v) is 16.2. The Balaban J connectivity index is 1.97. The van der Waals surface area contributed by atoms with Crippen LogP contribution in [-0.4, -0.2) is 45.5 Å². The molecule has 0 aliphatic carbocycles. The number of aromatic nitrogens is 3. The minimum Gasteiger partial charge on any atom is -0.467 e. The third kappa shape index (κ3) is 5.32. The zero-order chi connectivity index (χ0) is 19.1. The summed E-state index contributed by atoms with van der Waals surface area (Å²) >= 11 is 1.28. The van der Waals surface area contributed by atoms with Crippen LogP contribution in [0.2, 0.25) is 0 Å². The van der Waals surface area contributed by atoms with Gasteiger partial charge in [0.2, 0.25) is 5.91 Å². The average Bonchev–Trinajstić information content (AvgIpc) is 2.99. The van der Waals surface area contributed by atoms with E-state index in [1.165, 1.54) is 18.9 Å². The molecule has 2 aromatic rings. The van der Waals surface area contributed by atoms with Crippen molar-refractivity contribution in [2.45, 2.75) is 31.5 Å². The Kier molecular flexibility index (Phi) is 7.20. The first-order chi connectivity index (χ1) is 12.4. The highest BCUT2D eigenvalue weighted by molar-refractivity contribution is 7.99. The van der Waals surface area contributed by atoms with E-state index in [-0.39, 0.29) is 17.6 Å². The molecule has 0 radical (unpaired) electrons. The summed E-state index contributed by atoms with van der Waals surface area (Å²) in [5.74, 6) is 0.476. The standard InChI is InChI=1S/C18H24N4O3S/c1-12(2)10-14(17(24)25-4)19-15(23)11-26-18-21-20-16(22(18)3)13-8-6-5-7-9-13/h5-9,12,14H,10-11H2,1-4H3,(H,19,23)/t14-/m1/s1. The molecule has 7 nitrogen and oxygen atoms in total. The molecule has 1 atom stereocenters. The minimum atomic E-state index is -0.632. The van der Waals surface area contributed by atoms with Gasteiger partial charge >= 0.3 is 5.97 Å². The van der Waals surface area contributed by atoms with Gasteiger partial charge in [-0.15, -0.1) is 10.2 Å². The molecule has 1 N–H and O–H groups in total. The lowest BCUT2D eigenvalue weighted by molar-refractivity contribution is -0.145. The maximum atomic E-state index is 12.2. The third-order valence-corrected chi connectivity index (χ3v) is 4.75. The van der Waals surface area contributed by atoms with Gasteiger partial charge in [-0.2, -0.15) is 0 Å². The van der Waals surface area contributed by atoms with Crippen molar-refractivity contribution in [3.8, 4) is 11.4 Å². The number of rotatable bonds is 8. The molecule has 0 aliphatic rings. The van der Waals surface area contributed by atoms with Crippen molar-refractivity contribution < 1.29 is 14.3 Å². The Bertz CT molecular complexity index is 746. The molecule has 1 aromatic carbocycles. The Morgan fingerprint density at radius 3 is 2.54 bits per heavy atom. The fourth-order valence-electron chi connectivity index (χ4n) is 2.47. The first-order valence-corrected chi connectivity index (χ1v) is 9.35. The van der Waals surface area contributed by atoms with Gasteiger partial charge in [-0.05, 0) is 12.3 Å². The topological polar surface area (TPSA) is 86.1 Å². The molecule has 0 bridgehead atoms. The molecular weight excluding hydrogens is 352 g/mol. The molecule has 0 unspecified atom stereocenters. The van der Waals surface area contributed by atoms with Crippen molar-refractivity contribution in [3.05, 3.63) is 30.3 Å². The number of nitrogens with zero attached hydrogens (tertiary/aromatic N) is 3. The van der Waals surface area contributed by atoms with Crippen LogP contribution in [0.5, 0.6) is 0 Å². The molecule has 0 spiro atoms. The number of carbonyl (C=O) groups excluding carboxylic acids is 2. The molecule has 8 heteroatoms. The lowest BCUT2D eigenvalue weighted by Crippen LogP contribution is -2.43. The molecule has 0 fully saturated rings. The lowest BCUT2D eigenvalue weighted by Gasteiger charge is -2.18. The van der Waals surface area contributed by atoms with E-state index in [0.29, 0.717) is 11.6 Å². The van der Waals surface area contributed by atoms with Gasteiger partial charge in [0.1, 0.15) is 6.04 Å². The molecular formula is C18H24N4O3S. The summed E-state index contributed by atoms with van der Waals surface area (Å²) < 4.78 is 6.61. The number of hydrogen-bond acceptors (Lipinski definition) is 6. The van der Waals surface area contributed by atoms with Crippen molar-refractivity contribution >= 4 is 23.6 Å². The molecule has 0 saturated heterocycles. The van der Waals surface area contributed by atoms with Crippen LogP contribution in [0.1, 0.15) is 20.3 Å². The second kappa shape index (κ2) is 9.38. The van der Waals surface area contributed by atoms with Gasteiger partial charge in [0.05, 0.1) is 12.9 Å². The number of carbonyl (C=O) groups is 2. The second-order valence-electron chi connectivity index (χ2n) is 6.29. The number of esters is 1. The quantitative estimate of drug-likeness (QED) is 0.562. The van der Waals surface area contributed by atoms with E-state index >= 15 is 0 Å². The van der Waals surface area contributed by atoms with Gasteiger partial charge in [-0.25, -0.2) is 4.79 Å². The largest absolute Gasteiger partial charge is 0.467 e. The number of ether oxygens (including phenoxy) is 1. The highest BCUT2D eigenvalue weighted by atomic mass is 32.2. The molecule has 1 heterocycles. The van der Waals surface area contributed by atoms with E-state index < -0.39 is 12.0 Å². The number of nitrogens with one attached hydrogen (secondary N) is 1. The van der Waals surface area contributed by atoms with Gasteiger partial charge in [-0.1, -0.05) is 55.9 Å². The summed E-state index contributed by atoms with van der Waals surface area (Å²) in [5.41, 5.74) is 0.960. The fraction of sp³-hybridized carbons (Fsp3) is 0.444. The van der Waals surface area contributed by atoms with E-state index in [0.717, 1.165) is 11.4 Å². The summed E-state index contributed by atoms with van der Waals surface area (Å²) in [5, 5.41) is 11.7. The SMILES string of the molecule is COC(=O)[C@@H](CC(C)C)NC(=O)CSc1nnc(-c2ccccc2)n1C. The van der Waals surface area contributed by atoms with E-state index in [4.69, 9.17) is 4.74 Å². The number of thioether (sulfide) groups is 1. The van der Waals surface area contributed by atoms with Crippen LogP contribution >= 0.6 is 11.8 Å². The normalized spacial score (nSPS) is 12.0. The van der Waals surface area contributed by atoms with Crippen molar-refractivity contribution in [2.24, 2.45) is 13.0 Å². The van der Waals surface area contributed by atoms with E-state index in [1.54, 1.807) is 0 Å². The Morgan fingerprint density at radius 1 is 1.23 bits per heavy atom. The molecule has 1 aromatic heterocycles. The van der Waals surface area contributed by atoms with Gasteiger partial charge in [0.25, 0.3) is 0 Å². The van der Waals surface area contributed by atoms with Crippen molar-refractivity contribution in [1.82, 2.24) is 20.1 Å². The van der Waals surface area contributed by atoms with Gasteiger partial charge in [0.15, 0.2) is 11.0 Å². The predicted octanol–water partition coefficient (Wildman–Crippen LogP) is 2.28. The van der Waals surface area contributed by atoms with Crippen LogP contribution in [0.25, 0.3) is 11.4 Å². The molecule has 140 valence electrons. The molecule has 1 amide bonds. The Labute approximate surface area is 157 Å². The smallest absolute Gasteiger partial charge is 0.328 e. The molecule has 0 aliphatic heterocycles. The summed E-state index contributed by atoms with van der Waals surface area (Å²) in [7, 11) is 3.18. The van der Waals surface area contributed by atoms with Gasteiger partial charge in [-0.3, -0.25) is 4.79 Å². The molecule has 26 heavy (non-hydrogen) atoms. The van der Waals surface area contributed by atoms with E-state index in [9.17, 15) is 9.59 Å². The Hall–Kier alpha value is -2.35. The summed E-state index contributed by atoms with van der Waals surface area (Å²) in [6.07, 6.45) is 0.533. The number of methoxy groups -OCH3 is 1. The summed E-state index contributed by atoms with van der Waals surface area (Å²) in [6.45, 7) is 3.98. The minimum absolute atomic E-state index is 0.145. The zero-order valence-electron chi connectivity index (χ0n) is 15.4. The lowest BCUT2D eigenvalue weighted by atomic mass is 10.0. The van der Waals surface area contributed by atoms with Crippen LogP contribution in [0.3, 0.4) is 0 Å². The van der Waals surface area contributed by atoms with Gasteiger partial charge < -0.3 is 14.6 Å². The maximum absolute atomic E-state index is 12.2. The monoisotopic (exact) mass is 376 g/mol. The number of amides is 1. The second-order valence-corrected chi connectivity index (χ2v) is 7.24. The fourth-order valence-corrected chi connectivity index (χ4v) is 3.20. The first kappa shape index (κ1) is 20.0. The average molecular weight is 376 g/mol. The maximum Gasteiger partial charge on any atom is 0.328 e. The number of hydrogen-bond donors (Lipinski definition) is 1. The van der Waals surface area contributed by atoms with Crippen molar-refractivity contribution in [3.63, 3.8) is 0 Å². The van der Waals surface area contributed by atoms with Crippen LogP contribution in [-0.2, 0) is 21.4 Å². The third-order valence-electron chi connectivity index (χ3n) is 3.73. The predicted molar refractivity (Wildman–Crippen MR) is 101 cm³/mol. The summed E-state index contributed by atoms with van der Waals surface area (Å²) in [6, 6.07) is 9.09. The summed E-state index contributed by atoms with van der Waals surface area (Å²) in [4.78, 5) is 24.0.